The summed E-state index contributed by atoms with van der Waals surface area (Å²) in [7, 11) is 0. The highest BCUT2D eigenvalue weighted by atomic mass is 16.7. The summed E-state index contributed by atoms with van der Waals surface area (Å²) in [6, 6.07) is 31.9. The van der Waals surface area contributed by atoms with Crippen molar-refractivity contribution in [1.29, 1.82) is 0 Å². The second-order valence-electron chi connectivity index (χ2n) is 9.19. The smallest absolute Gasteiger partial charge is 0.318 e. The predicted molar refractivity (Wildman–Crippen MR) is 159 cm³/mol. The number of nitrogens with zero attached hydrogens (tertiary/aromatic N) is 3. The normalized spacial score (nSPS) is 11.5. The molecule has 0 radical (unpaired) electrons. The van der Waals surface area contributed by atoms with Gasteiger partial charge in [0, 0.05) is 42.0 Å². The molecule has 0 amide bonds. The van der Waals surface area contributed by atoms with Gasteiger partial charge in [-0.05, 0) is 73.5 Å². The minimum Gasteiger partial charge on any atom is -0.318 e. The lowest BCUT2D eigenvalue weighted by molar-refractivity contribution is -0.141. The van der Waals surface area contributed by atoms with Crippen LogP contribution in [0.25, 0.3) is 0 Å². The molecule has 8 heteroatoms. The molecule has 0 atom stereocenters. The summed E-state index contributed by atoms with van der Waals surface area (Å²) in [6.07, 6.45) is 0. The minimum atomic E-state index is -0.488. The Bertz CT molecular complexity index is 1520. The van der Waals surface area contributed by atoms with E-state index in [2.05, 4.69) is 10.3 Å². The fourth-order valence-corrected chi connectivity index (χ4v) is 4.04. The number of oxime groups is 2. The predicted octanol–water partition coefficient (Wildman–Crippen LogP) is 6.96. The number of carbonyl (C=O) groups excluding carboxylic acids is 3. The van der Waals surface area contributed by atoms with Gasteiger partial charge in [-0.1, -0.05) is 64.9 Å². The Morgan fingerprint density at radius 1 is 0.488 bits per heavy atom. The Labute approximate surface area is 238 Å². The van der Waals surface area contributed by atoms with Gasteiger partial charge < -0.3 is 14.6 Å². The van der Waals surface area contributed by atoms with Gasteiger partial charge in [-0.25, -0.2) is 9.59 Å². The molecule has 0 aromatic heterocycles. The monoisotopic (exact) mass is 547 g/mol. The van der Waals surface area contributed by atoms with Crippen molar-refractivity contribution in [2.75, 3.05) is 4.90 Å². The quantitative estimate of drug-likeness (QED) is 0.0972. The van der Waals surface area contributed by atoms with Crippen LogP contribution in [0.5, 0.6) is 0 Å². The van der Waals surface area contributed by atoms with E-state index in [-0.39, 0.29) is 5.78 Å². The van der Waals surface area contributed by atoms with E-state index >= 15 is 0 Å². The summed E-state index contributed by atoms with van der Waals surface area (Å²) in [5, 5.41) is 7.73. The number of hydrogen-bond acceptors (Lipinski definition) is 8. The maximum atomic E-state index is 13.0. The molecule has 0 aliphatic heterocycles. The van der Waals surface area contributed by atoms with Crippen molar-refractivity contribution in [3.05, 3.63) is 125 Å². The van der Waals surface area contributed by atoms with Crippen LogP contribution in [-0.2, 0) is 19.3 Å². The van der Waals surface area contributed by atoms with Crippen LogP contribution < -0.4 is 4.90 Å². The molecule has 0 saturated heterocycles. The van der Waals surface area contributed by atoms with E-state index < -0.39 is 11.9 Å². The number of carbonyl (C=O) groups is 3. The van der Waals surface area contributed by atoms with E-state index in [4.69, 9.17) is 9.68 Å². The van der Waals surface area contributed by atoms with Gasteiger partial charge >= 0.3 is 11.9 Å². The Morgan fingerprint density at radius 2 is 0.829 bits per heavy atom. The molecule has 4 aromatic carbocycles. The molecule has 0 spiro atoms. The van der Waals surface area contributed by atoms with Crippen molar-refractivity contribution in [3.8, 4) is 0 Å². The van der Waals surface area contributed by atoms with Gasteiger partial charge in [-0.15, -0.1) is 0 Å². The molecule has 0 aliphatic carbocycles. The summed E-state index contributed by atoms with van der Waals surface area (Å²) in [5.74, 6) is -1.03. The molecule has 0 fully saturated rings. The minimum absolute atomic E-state index is 0.0532. The average molecular weight is 548 g/mol. The Hall–Kier alpha value is -5.37. The van der Waals surface area contributed by atoms with E-state index in [0.29, 0.717) is 22.6 Å². The zero-order valence-corrected chi connectivity index (χ0v) is 23.2. The van der Waals surface area contributed by atoms with E-state index in [1.165, 1.54) is 13.8 Å². The summed E-state index contributed by atoms with van der Waals surface area (Å²) in [5.41, 5.74) is 6.48. The van der Waals surface area contributed by atoms with E-state index in [1.807, 2.05) is 95.9 Å². The number of hydrogen-bond donors (Lipinski definition) is 0. The molecule has 4 aromatic rings. The van der Waals surface area contributed by atoms with Crippen LogP contribution in [0.2, 0.25) is 0 Å². The van der Waals surface area contributed by atoms with Crippen molar-refractivity contribution in [2.45, 2.75) is 27.7 Å². The molecule has 0 heterocycles. The van der Waals surface area contributed by atoms with Gasteiger partial charge in [0.05, 0.1) is 11.4 Å². The molecule has 0 bridgehead atoms. The molecule has 0 unspecified atom stereocenters. The van der Waals surface area contributed by atoms with Gasteiger partial charge in [0.25, 0.3) is 0 Å². The molecule has 0 saturated carbocycles. The van der Waals surface area contributed by atoms with E-state index in [9.17, 15) is 14.4 Å². The fraction of sp³-hybridized carbons (Fsp3) is 0.121. The Balaban J connectivity index is 1.70. The molecule has 0 aliphatic rings. The fourth-order valence-electron chi connectivity index (χ4n) is 4.04. The zero-order chi connectivity index (χ0) is 29.4. The van der Waals surface area contributed by atoms with Gasteiger partial charge in [0.15, 0.2) is 5.78 Å². The van der Waals surface area contributed by atoms with Crippen LogP contribution in [0, 0.1) is 0 Å². The first-order valence-electron chi connectivity index (χ1n) is 12.9. The number of rotatable bonds is 9. The van der Waals surface area contributed by atoms with Crippen molar-refractivity contribution in [3.63, 3.8) is 0 Å². The first-order valence-corrected chi connectivity index (χ1v) is 12.9. The van der Waals surface area contributed by atoms with Crippen molar-refractivity contribution in [2.24, 2.45) is 10.3 Å². The first kappa shape index (κ1) is 28.6. The van der Waals surface area contributed by atoms with Gasteiger partial charge in [0.2, 0.25) is 0 Å². The molecule has 41 heavy (non-hydrogen) atoms. The van der Waals surface area contributed by atoms with Crippen molar-refractivity contribution >= 4 is 46.2 Å². The summed E-state index contributed by atoms with van der Waals surface area (Å²) < 4.78 is 0. The highest BCUT2D eigenvalue weighted by molar-refractivity contribution is 6.09. The Morgan fingerprint density at radius 3 is 1.20 bits per heavy atom. The second-order valence-corrected chi connectivity index (χ2v) is 9.19. The standard InChI is InChI=1S/C33H29N3O5/c1-22(34-40-24(3)37)26-10-16-30(17-11-26)36(31-18-12-27(13-19-31)23(2)35-41-25(4)38)32-20-14-29(15-21-32)33(39)28-8-6-5-7-9-28/h5-21H,1-4H3/b34-22-,35-23?. The van der Waals surface area contributed by atoms with Crippen LogP contribution >= 0.6 is 0 Å². The third kappa shape index (κ3) is 7.39. The maximum absolute atomic E-state index is 13.0. The SMILES string of the molecule is CC(=O)ON=C(C)c1ccc(N(c2ccc(C(=O)c3ccccc3)cc2)c2ccc(/C(C)=N\OC(C)=O)cc2)cc1. The van der Waals surface area contributed by atoms with Crippen LogP contribution in [0.1, 0.15) is 54.7 Å². The van der Waals surface area contributed by atoms with E-state index in [1.54, 1.807) is 26.0 Å². The van der Waals surface area contributed by atoms with Crippen LogP contribution in [0.15, 0.2) is 113 Å². The van der Waals surface area contributed by atoms with Gasteiger partial charge in [-0.2, -0.15) is 0 Å². The molecular weight excluding hydrogens is 518 g/mol. The van der Waals surface area contributed by atoms with Crippen LogP contribution in [-0.4, -0.2) is 29.1 Å². The summed E-state index contributed by atoms with van der Waals surface area (Å²) in [6.45, 7) is 6.12. The number of anilines is 3. The third-order valence-corrected chi connectivity index (χ3v) is 6.13. The molecule has 4 rings (SSSR count). The summed E-state index contributed by atoms with van der Waals surface area (Å²) in [4.78, 5) is 46.8. The lowest BCUT2D eigenvalue weighted by atomic mass is 10.0. The lowest BCUT2D eigenvalue weighted by Crippen LogP contribution is -2.11. The highest BCUT2D eigenvalue weighted by Gasteiger charge is 2.15. The van der Waals surface area contributed by atoms with Crippen LogP contribution in [0.4, 0.5) is 17.1 Å². The van der Waals surface area contributed by atoms with Crippen molar-refractivity contribution < 1.29 is 24.1 Å². The Kier molecular flexibility index (Phi) is 9.16. The second kappa shape index (κ2) is 13.1. The summed E-state index contributed by atoms with van der Waals surface area (Å²) >= 11 is 0. The molecule has 8 nitrogen and oxygen atoms in total. The van der Waals surface area contributed by atoms with E-state index in [0.717, 1.165) is 28.2 Å². The lowest BCUT2D eigenvalue weighted by Gasteiger charge is -2.26. The van der Waals surface area contributed by atoms with Gasteiger partial charge in [-0.3, -0.25) is 4.79 Å². The van der Waals surface area contributed by atoms with Crippen LogP contribution in [0.3, 0.4) is 0 Å². The highest BCUT2D eigenvalue weighted by Crippen LogP contribution is 2.35. The zero-order valence-electron chi connectivity index (χ0n) is 23.2. The largest absolute Gasteiger partial charge is 0.331 e. The maximum Gasteiger partial charge on any atom is 0.331 e. The molecule has 0 N–H and O–H groups in total. The van der Waals surface area contributed by atoms with Gasteiger partial charge in [0.1, 0.15) is 0 Å². The topological polar surface area (TPSA) is 97.6 Å². The van der Waals surface area contributed by atoms with Crippen molar-refractivity contribution in [1.82, 2.24) is 0 Å². The third-order valence-electron chi connectivity index (χ3n) is 6.13. The number of ketones is 1. The first-order chi connectivity index (χ1) is 19.7. The number of benzene rings is 4. The molecule has 206 valence electrons. The average Bonchev–Trinajstić information content (AvgIpc) is 3.00. The molecular formula is C33H29N3O5.